The van der Waals surface area contributed by atoms with Gasteiger partial charge in [0.1, 0.15) is 16.5 Å². The number of furan rings is 1. The van der Waals surface area contributed by atoms with Gasteiger partial charge in [-0.25, -0.2) is 13.4 Å². The zero-order chi connectivity index (χ0) is 16.3. The number of nitrogens with zero attached hydrogens (tertiary/aromatic N) is 3. The molecule has 0 unspecified atom stereocenters. The quantitative estimate of drug-likeness (QED) is 0.819. The van der Waals surface area contributed by atoms with E-state index >= 15 is 0 Å². The second-order valence-electron chi connectivity index (χ2n) is 5.30. The fourth-order valence-electron chi connectivity index (χ4n) is 2.40. The zero-order valence-electron chi connectivity index (χ0n) is 12.9. The molecule has 1 saturated heterocycles. The van der Waals surface area contributed by atoms with Crippen molar-refractivity contribution in [3.05, 3.63) is 42.5 Å². The highest BCUT2D eigenvalue weighted by Crippen LogP contribution is 2.19. The van der Waals surface area contributed by atoms with Gasteiger partial charge in [-0.1, -0.05) is 0 Å². The highest BCUT2D eigenvalue weighted by Gasteiger charge is 2.26. The van der Waals surface area contributed by atoms with Crippen LogP contribution in [0.2, 0.25) is 0 Å². The molecule has 1 aliphatic heterocycles. The Morgan fingerprint density at radius 2 is 2.04 bits per heavy atom. The molecule has 23 heavy (non-hydrogen) atoms. The van der Waals surface area contributed by atoms with Crippen LogP contribution in [-0.2, 0) is 21.3 Å². The maximum absolute atomic E-state index is 12.5. The Hall–Kier alpha value is -1.90. The minimum absolute atomic E-state index is 0.203. The predicted molar refractivity (Wildman–Crippen MR) is 84.6 cm³/mol. The molecule has 1 fully saturated rings. The summed E-state index contributed by atoms with van der Waals surface area (Å²) < 4.78 is 37.0. The van der Waals surface area contributed by atoms with Crippen LogP contribution in [0.5, 0.6) is 0 Å². The molecule has 0 spiro atoms. The summed E-state index contributed by atoms with van der Waals surface area (Å²) in [5.41, 5.74) is 0. The number of sulfonamides is 1. The van der Waals surface area contributed by atoms with Crippen LogP contribution in [0.1, 0.15) is 5.76 Å². The molecule has 124 valence electrons. The first-order valence-electron chi connectivity index (χ1n) is 7.35. The van der Waals surface area contributed by atoms with Crippen LogP contribution in [0.25, 0.3) is 0 Å². The van der Waals surface area contributed by atoms with E-state index < -0.39 is 10.0 Å². The third kappa shape index (κ3) is 3.54. The van der Waals surface area contributed by atoms with E-state index in [4.69, 9.17) is 9.15 Å². The molecule has 1 aliphatic rings. The molecule has 0 bridgehead atoms. The molecule has 0 aromatic carbocycles. The number of hydrogen-bond donors (Lipinski definition) is 0. The van der Waals surface area contributed by atoms with Crippen LogP contribution < -0.4 is 4.90 Å². The Kier molecular flexibility index (Phi) is 4.65. The highest BCUT2D eigenvalue weighted by molar-refractivity contribution is 7.89. The molecule has 7 nitrogen and oxygen atoms in total. The summed E-state index contributed by atoms with van der Waals surface area (Å²) in [6.07, 6.45) is 3.02. The largest absolute Gasteiger partial charge is 0.467 e. The number of morpholine rings is 1. The summed E-state index contributed by atoms with van der Waals surface area (Å²) >= 11 is 0. The van der Waals surface area contributed by atoms with Gasteiger partial charge in [0.15, 0.2) is 0 Å². The lowest BCUT2D eigenvalue weighted by Crippen LogP contribution is -2.40. The van der Waals surface area contributed by atoms with E-state index in [1.807, 2.05) is 24.1 Å². The fourth-order valence-corrected chi connectivity index (χ4v) is 3.76. The van der Waals surface area contributed by atoms with Crippen molar-refractivity contribution >= 4 is 15.8 Å². The first-order valence-corrected chi connectivity index (χ1v) is 8.79. The van der Waals surface area contributed by atoms with Crippen molar-refractivity contribution in [2.45, 2.75) is 11.4 Å². The Morgan fingerprint density at radius 3 is 2.65 bits per heavy atom. The third-order valence-corrected chi connectivity index (χ3v) is 5.57. The van der Waals surface area contributed by atoms with Gasteiger partial charge in [0.2, 0.25) is 10.0 Å². The molecule has 2 aromatic heterocycles. The van der Waals surface area contributed by atoms with Crippen LogP contribution in [0, 0.1) is 0 Å². The van der Waals surface area contributed by atoms with Crippen LogP contribution >= 0.6 is 0 Å². The molecule has 2 aromatic rings. The van der Waals surface area contributed by atoms with Crippen LogP contribution in [0.4, 0.5) is 5.82 Å². The van der Waals surface area contributed by atoms with Crippen molar-refractivity contribution < 1.29 is 17.6 Å². The lowest BCUT2D eigenvalue weighted by atomic mass is 10.4. The smallest absolute Gasteiger partial charge is 0.244 e. The number of pyridine rings is 1. The van der Waals surface area contributed by atoms with Crippen molar-refractivity contribution in [3.63, 3.8) is 0 Å². The topological polar surface area (TPSA) is 75.9 Å². The Labute approximate surface area is 135 Å². The Balaban J connectivity index is 1.73. The molecule has 0 amide bonds. The molecule has 8 heteroatoms. The van der Waals surface area contributed by atoms with Crippen molar-refractivity contribution in [2.24, 2.45) is 0 Å². The molecule has 0 saturated carbocycles. The van der Waals surface area contributed by atoms with Crippen LogP contribution in [0.15, 0.2) is 46.0 Å². The van der Waals surface area contributed by atoms with Gasteiger partial charge in [0.25, 0.3) is 0 Å². The molecule has 0 N–H and O–H groups in total. The third-order valence-electron chi connectivity index (χ3n) is 3.69. The van der Waals surface area contributed by atoms with Crippen LogP contribution in [0.3, 0.4) is 0 Å². The summed E-state index contributed by atoms with van der Waals surface area (Å²) in [5.74, 6) is 1.50. The Morgan fingerprint density at radius 1 is 1.26 bits per heavy atom. The monoisotopic (exact) mass is 337 g/mol. The van der Waals surface area contributed by atoms with E-state index in [9.17, 15) is 8.42 Å². The van der Waals surface area contributed by atoms with E-state index in [0.717, 1.165) is 5.76 Å². The van der Waals surface area contributed by atoms with E-state index in [0.29, 0.717) is 38.7 Å². The van der Waals surface area contributed by atoms with Gasteiger partial charge < -0.3 is 14.1 Å². The number of rotatable bonds is 5. The number of aromatic nitrogens is 1. The van der Waals surface area contributed by atoms with Crippen molar-refractivity contribution in [1.29, 1.82) is 0 Å². The summed E-state index contributed by atoms with van der Waals surface area (Å²) in [6.45, 7) is 2.17. The average Bonchev–Trinajstić information content (AvgIpc) is 3.09. The second kappa shape index (κ2) is 6.69. The molecule has 0 atom stereocenters. The number of ether oxygens (including phenoxy) is 1. The van der Waals surface area contributed by atoms with E-state index in [-0.39, 0.29) is 4.90 Å². The van der Waals surface area contributed by atoms with Gasteiger partial charge in [0, 0.05) is 26.3 Å². The predicted octanol–water partition coefficient (Wildman–Crippen LogP) is 1.33. The second-order valence-corrected chi connectivity index (χ2v) is 7.24. The lowest BCUT2D eigenvalue weighted by Gasteiger charge is -2.26. The minimum atomic E-state index is -3.50. The first-order chi connectivity index (χ1) is 11.1. The number of hydrogen-bond acceptors (Lipinski definition) is 6. The van der Waals surface area contributed by atoms with E-state index in [1.165, 1.54) is 10.5 Å². The lowest BCUT2D eigenvalue weighted by molar-refractivity contribution is 0.0730. The Bertz CT molecular complexity index is 723. The van der Waals surface area contributed by atoms with Gasteiger partial charge in [-0.3, -0.25) is 0 Å². The molecular weight excluding hydrogens is 318 g/mol. The zero-order valence-corrected chi connectivity index (χ0v) is 13.7. The summed E-state index contributed by atoms with van der Waals surface area (Å²) in [6, 6.07) is 7.00. The molecular formula is C15H19N3O4S. The van der Waals surface area contributed by atoms with E-state index in [2.05, 4.69) is 4.98 Å². The van der Waals surface area contributed by atoms with Gasteiger partial charge in [-0.15, -0.1) is 0 Å². The first kappa shape index (κ1) is 16.0. The minimum Gasteiger partial charge on any atom is -0.467 e. The van der Waals surface area contributed by atoms with Gasteiger partial charge >= 0.3 is 0 Å². The van der Waals surface area contributed by atoms with Crippen LogP contribution in [-0.4, -0.2) is 51.1 Å². The normalized spacial score (nSPS) is 16.4. The summed E-state index contributed by atoms with van der Waals surface area (Å²) in [4.78, 5) is 6.36. The van der Waals surface area contributed by atoms with Gasteiger partial charge in [-0.2, -0.15) is 4.31 Å². The van der Waals surface area contributed by atoms with Crippen molar-refractivity contribution in [3.8, 4) is 0 Å². The average molecular weight is 337 g/mol. The molecule has 3 heterocycles. The highest BCUT2D eigenvalue weighted by atomic mass is 32.2. The number of anilines is 1. The fraction of sp³-hybridized carbons (Fsp3) is 0.400. The SMILES string of the molecule is CN(Cc1ccco1)c1ccc(S(=O)(=O)N2CCOCC2)cn1. The standard InChI is InChI=1S/C15H19N3O4S/c1-17(12-13-3-2-8-22-13)15-5-4-14(11-16-15)23(19,20)18-6-9-21-10-7-18/h2-5,8,11H,6-7,9-10,12H2,1H3. The van der Waals surface area contributed by atoms with E-state index in [1.54, 1.807) is 18.4 Å². The summed E-state index contributed by atoms with van der Waals surface area (Å²) in [5, 5.41) is 0. The maximum atomic E-state index is 12.5. The maximum Gasteiger partial charge on any atom is 0.244 e. The molecule has 0 aliphatic carbocycles. The molecule has 0 radical (unpaired) electrons. The molecule has 3 rings (SSSR count). The summed E-state index contributed by atoms with van der Waals surface area (Å²) in [7, 11) is -1.62. The van der Waals surface area contributed by atoms with Gasteiger partial charge in [0.05, 0.1) is 26.0 Å². The van der Waals surface area contributed by atoms with Gasteiger partial charge in [-0.05, 0) is 24.3 Å². The van der Waals surface area contributed by atoms with Crippen molar-refractivity contribution in [2.75, 3.05) is 38.3 Å². The van der Waals surface area contributed by atoms with Crippen molar-refractivity contribution in [1.82, 2.24) is 9.29 Å².